The molecule has 0 spiro atoms. The van der Waals surface area contributed by atoms with Gasteiger partial charge in [0.1, 0.15) is 0 Å². The Morgan fingerprint density at radius 3 is 2.45 bits per heavy atom. The Balaban J connectivity index is 1.50. The lowest BCUT2D eigenvalue weighted by molar-refractivity contribution is -0.384. The molecule has 1 fully saturated rings. The number of hydrazine groups is 1. The van der Waals surface area contributed by atoms with Gasteiger partial charge in [-0.15, -0.1) is 0 Å². The quantitative estimate of drug-likeness (QED) is 0.596. The van der Waals surface area contributed by atoms with Gasteiger partial charge in [0.2, 0.25) is 6.79 Å². The van der Waals surface area contributed by atoms with Crippen molar-refractivity contribution < 1.29 is 24.0 Å². The molecule has 2 amide bonds. The molecule has 2 aromatic rings. The van der Waals surface area contributed by atoms with Gasteiger partial charge in [-0.05, 0) is 37.1 Å². The molecule has 2 heterocycles. The predicted molar refractivity (Wildman–Crippen MR) is 102 cm³/mol. The average Bonchev–Trinajstić information content (AvgIpc) is 3.42. The largest absolute Gasteiger partial charge is 0.454 e. The maximum absolute atomic E-state index is 12.7. The summed E-state index contributed by atoms with van der Waals surface area (Å²) in [5, 5.41) is 11.1. The molecule has 0 unspecified atom stereocenters. The lowest BCUT2D eigenvalue weighted by Crippen LogP contribution is -2.42. The molecule has 10 nitrogen and oxygen atoms in total. The Morgan fingerprint density at radius 2 is 1.69 bits per heavy atom. The summed E-state index contributed by atoms with van der Waals surface area (Å²) < 4.78 is 10.4. The molecule has 0 aromatic heterocycles. The number of fused-ring (bicyclic) bond motifs is 1. The van der Waals surface area contributed by atoms with Gasteiger partial charge >= 0.3 is 0 Å². The van der Waals surface area contributed by atoms with Crippen LogP contribution in [0.15, 0.2) is 36.4 Å². The SMILES string of the molecule is O=C(NNC(=O)c1cc([N+](=O)[O-])ccc1N1CCCC1)c1ccc2c(c1)OCO2. The van der Waals surface area contributed by atoms with E-state index in [4.69, 9.17) is 9.47 Å². The minimum atomic E-state index is -0.635. The van der Waals surface area contributed by atoms with Gasteiger partial charge < -0.3 is 14.4 Å². The average molecular weight is 398 g/mol. The summed E-state index contributed by atoms with van der Waals surface area (Å²) in [5.74, 6) is -0.203. The summed E-state index contributed by atoms with van der Waals surface area (Å²) >= 11 is 0. The zero-order valence-corrected chi connectivity index (χ0v) is 15.3. The fourth-order valence-electron chi connectivity index (χ4n) is 3.34. The number of ether oxygens (including phenoxy) is 2. The molecule has 0 radical (unpaired) electrons. The van der Waals surface area contributed by atoms with E-state index in [0.29, 0.717) is 17.2 Å². The lowest BCUT2D eigenvalue weighted by Gasteiger charge is -2.21. The van der Waals surface area contributed by atoms with Gasteiger partial charge in [0.15, 0.2) is 11.5 Å². The van der Waals surface area contributed by atoms with Crippen molar-refractivity contribution in [1.82, 2.24) is 10.9 Å². The highest BCUT2D eigenvalue weighted by Gasteiger charge is 2.23. The Labute approximate surface area is 165 Å². The first-order chi connectivity index (χ1) is 14.0. The first-order valence-electron chi connectivity index (χ1n) is 9.06. The fourth-order valence-corrected chi connectivity index (χ4v) is 3.34. The summed E-state index contributed by atoms with van der Waals surface area (Å²) in [6, 6.07) is 8.80. The molecular weight excluding hydrogens is 380 g/mol. The third-order valence-corrected chi connectivity index (χ3v) is 4.81. The molecule has 0 atom stereocenters. The smallest absolute Gasteiger partial charge is 0.272 e. The van der Waals surface area contributed by atoms with Crippen molar-refractivity contribution in [1.29, 1.82) is 0 Å². The van der Waals surface area contributed by atoms with E-state index in [2.05, 4.69) is 10.9 Å². The number of hydrogen-bond acceptors (Lipinski definition) is 7. The number of nitrogens with zero attached hydrogens (tertiary/aromatic N) is 2. The molecule has 29 heavy (non-hydrogen) atoms. The standard InChI is InChI=1S/C19H18N4O6/c24-18(12-3-6-16-17(9-12)29-11-28-16)20-21-19(25)14-10-13(23(26)27)4-5-15(14)22-7-1-2-8-22/h3-6,9-10H,1-2,7-8,11H2,(H,20,24)(H,21,25). The number of amides is 2. The normalized spacial score (nSPS) is 14.6. The number of nitrogens with one attached hydrogen (secondary N) is 2. The van der Waals surface area contributed by atoms with Crippen LogP contribution in [0, 0.1) is 10.1 Å². The first kappa shape index (κ1) is 18.5. The molecule has 1 saturated heterocycles. The summed E-state index contributed by atoms with van der Waals surface area (Å²) in [7, 11) is 0. The van der Waals surface area contributed by atoms with Crippen LogP contribution in [-0.4, -0.2) is 36.6 Å². The van der Waals surface area contributed by atoms with Crippen LogP contribution in [0.3, 0.4) is 0 Å². The number of rotatable bonds is 4. The molecule has 4 rings (SSSR count). The van der Waals surface area contributed by atoms with Gasteiger partial charge in [0.25, 0.3) is 17.5 Å². The van der Waals surface area contributed by atoms with Gasteiger partial charge in [-0.1, -0.05) is 0 Å². The zero-order valence-electron chi connectivity index (χ0n) is 15.3. The van der Waals surface area contributed by atoms with E-state index in [1.165, 1.54) is 24.3 Å². The number of carbonyl (C=O) groups is 2. The minimum absolute atomic E-state index is 0.0865. The highest BCUT2D eigenvalue weighted by molar-refractivity contribution is 6.03. The molecule has 0 bridgehead atoms. The minimum Gasteiger partial charge on any atom is -0.454 e. The van der Waals surface area contributed by atoms with Crippen LogP contribution in [0.25, 0.3) is 0 Å². The molecule has 150 valence electrons. The lowest BCUT2D eigenvalue weighted by atomic mass is 10.1. The number of non-ortho nitro benzene ring substituents is 1. The van der Waals surface area contributed by atoms with Crippen LogP contribution in [0.2, 0.25) is 0 Å². The number of nitro groups is 1. The number of anilines is 1. The van der Waals surface area contributed by atoms with E-state index in [9.17, 15) is 19.7 Å². The van der Waals surface area contributed by atoms with Crippen molar-refractivity contribution in [2.75, 3.05) is 24.8 Å². The highest BCUT2D eigenvalue weighted by atomic mass is 16.7. The third kappa shape index (κ3) is 3.77. The first-order valence-corrected chi connectivity index (χ1v) is 9.06. The zero-order chi connectivity index (χ0) is 20.4. The van der Waals surface area contributed by atoms with E-state index in [1.54, 1.807) is 12.1 Å². The molecule has 0 saturated carbocycles. The number of hydrogen-bond donors (Lipinski definition) is 2. The summed E-state index contributed by atoms with van der Waals surface area (Å²) in [6.07, 6.45) is 1.97. The van der Waals surface area contributed by atoms with Crippen LogP contribution < -0.4 is 25.2 Å². The number of benzene rings is 2. The van der Waals surface area contributed by atoms with Crippen molar-refractivity contribution in [3.8, 4) is 11.5 Å². The topological polar surface area (TPSA) is 123 Å². The van der Waals surface area contributed by atoms with Crippen LogP contribution >= 0.6 is 0 Å². The van der Waals surface area contributed by atoms with E-state index in [0.717, 1.165) is 25.9 Å². The molecule has 2 aromatic carbocycles. The van der Waals surface area contributed by atoms with Crippen LogP contribution in [0.1, 0.15) is 33.6 Å². The predicted octanol–water partition coefficient (Wildman–Crippen LogP) is 2.00. The van der Waals surface area contributed by atoms with Crippen LogP contribution in [-0.2, 0) is 0 Å². The van der Waals surface area contributed by atoms with Gasteiger partial charge in [-0.3, -0.25) is 30.6 Å². The van der Waals surface area contributed by atoms with Crippen molar-refractivity contribution >= 4 is 23.2 Å². The van der Waals surface area contributed by atoms with E-state index >= 15 is 0 Å². The van der Waals surface area contributed by atoms with Gasteiger partial charge in [-0.25, -0.2) is 0 Å². The van der Waals surface area contributed by atoms with Crippen LogP contribution in [0.5, 0.6) is 11.5 Å². The summed E-state index contributed by atoms with van der Waals surface area (Å²) in [4.78, 5) is 37.6. The van der Waals surface area contributed by atoms with Crippen molar-refractivity contribution in [3.05, 3.63) is 57.6 Å². The molecule has 0 aliphatic carbocycles. The monoisotopic (exact) mass is 398 g/mol. The Morgan fingerprint density at radius 1 is 0.966 bits per heavy atom. The Kier molecular flexibility index (Phi) is 4.90. The molecule has 2 aliphatic rings. The van der Waals surface area contributed by atoms with Gasteiger partial charge in [0, 0.05) is 30.8 Å². The van der Waals surface area contributed by atoms with Crippen molar-refractivity contribution in [2.45, 2.75) is 12.8 Å². The maximum atomic E-state index is 12.7. The number of carbonyl (C=O) groups excluding carboxylic acids is 2. The molecule has 2 aliphatic heterocycles. The molecule has 2 N–H and O–H groups in total. The third-order valence-electron chi connectivity index (χ3n) is 4.81. The van der Waals surface area contributed by atoms with E-state index < -0.39 is 16.7 Å². The van der Waals surface area contributed by atoms with Gasteiger partial charge in [0.05, 0.1) is 16.2 Å². The Hall–Kier alpha value is -3.82. The second kappa shape index (κ2) is 7.66. The van der Waals surface area contributed by atoms with Crippen molar-refractivity contribution in [2.24, 2.45) is 0 Å². The summed E-state index contributed by atoms with van der Waals surface area (Å²) in [5.41, 5.74) is 5.48. The van der Waals surface area contributed by atoms with E-state index in [-0.39, 0.29) is 23.6 Å². The highest BCUT2D eigenvalue weighted by Crippen LogP contribution is 2.32. The van der Waals surface area contributed by atoms with E-state index in [1.807, 2.05) is 4.90 Å². The second-order valence-electron chi connectivity index (χ2n) is 6.63. The second-order valence-corrected chi connectivity index (χ2v) is 6.63. The molecular formula is C19H18N4O6. The van der Waals surface area contributed by atoms with Crippen LogP contribution in [0.4, 0.5) is 11.4 Å². The summed E-state index contributed by atoms with van der Waals surface area (Å²) in [6.45, 7) is 1.62. The molecule has 10 heteroatoms. The fraction of sp³-hybridized carbons (Fsp3) is 0.263. The number of nitro benzene ring substituents is 1. The maximum Gasteiger partial charge on any atom is 0.272 e. The van der Waals surface area contributed by atoms with Gasteiger partial charge in [-0.2, -0.15) is 0 Å². The Bertz CT molecular complexity index is 987. The van der Waals surface area contributed by atoms with Crippen molar-refractivity contribution in [3.63, 3.8) is 0 Å².